The fourth-order valence-corrected chi connectivity index (χ4v) is 3.92. The zero-order valence-corrected chi connectivity index (χ0v) is 17.2. The first kappa shape index (κ1) is 19.3. The second-order valence-corrected chi connectivity index (χ2v) is 7.66. The number of hydrogen-bond acceptors (Lipinski definition) is 6. The summed E-state index contributed by atoms with van der Waals surface area (Å²) in [6.07, 6.45) is 0.659. The Morgan fingerprint density at radius 1 is 1.14 bits per heavy atom. The van der Waals surface area contributed by atoms with E-state index in [0.717, 1.165) is 10.0 Å². The molecule has 29 heavy (non-hydrogen) atoms. The van der Waals surface area contributed by atoms with Crippen molar-refractivity contribution in [1.82, 2.24) is 5.01 Å². The predicted molar refractivity (Wildman–Crippen MR) is 110 cm³/mol. The van der Waals surface area contributed by atoms with Crippen molar-refractivity contribution in [2.75, 3.05) is 16.8 Å². The van der Waals surface area contributed by atoms with E-state index >= 15 is 0 Å². The highest BCUT2D eigenvalue weighted by Gasteiger charge is 2.55. The average molecular weight is 456 g/mol. The molecule has 0 unspecified atom stereocenters. The van der Waals surface area contributed by atoms with Crippen LogP contribution in [-0.2, 0) is 20.8 Å². The van der Waals surface area contributed by atoms with Gasteiger partial charge in [-0.1, -0.05) is 46.3 Å². The molecule has 0 spiro atoms. The largest absolute Gasteiger partial charge is 0.324 e. The van der Waals surface area contributed by atoms with Crippen LogP contribution in [0.2, 0.25) is 0 Å². The number of fused-ring (bicyclic) bond motifs is 1. The van der Waals surface area contributed by atoms with E-state index < -0.39 is 23.9 Å². The first-order chi connectivity index (χ1) is 14.0. The van der Waals surface area contributed by atoms with Crippen molar-refractivity contribution in [2.45, 2.75) is 25.4 Å². The molecular formula is C20H18BrN5O3. The fourth-order valence-electron chi connectivity index (χ4n) is 3.52. The number of imide groups is 1. The maximum atomic E-state index is 13.1. The van der Waals surface area contributed by atoms with Crippen LogP contribution in [0.1, 0.15) is 12.5 Å². The van der Waals surface area contributed by atoms with E-state index in [0.29, 0.717) is 17.8 Å². The molecule has 0 radical (unpaired) electrons. The quantitative estimate of drug-likeness (QED) is 0.701. The van der Waals surface area contributed by atoms with Gasteiger partial charge in [0, 0.05) is 10.2 Å². The maximum absolute atomic E-state index is 13.1. The monoisotopic (exact) mass is 455 g/mol. The minimum atomic E-state index is -0.930. The first-order valence-electron chi connectivity index (χ1n) is 9.18. The molecule has 148 valence electrons. The van der Waals surface area contributed by atoms with Gasteiger partial charge in [0.15, 0.2) is 12.1 Å². The zero-order chi connectivity index (χ0) is 20.5. The standard InChI is InChI=1S/C20H18BrN5O3/c1-2-12-10-13(21)8-9-15(12)26-19(28)17-18(20(26)29)25(24-23-17)11-16(27)22-14-6-4-3-5-7-14/h3-10,17-18H,2,11H2,1H3,(H,22,27)/t17-,18-/m0/s1. The Morgan fingerprint density at radius 2 is 1.90 bits per heavy atom. The average Bonchev–Trinajstić information content (AvgIpc) is 3.22. The summed E-state index contributed by atoms with van der Waals surface area (Å²) >= 11 is 3.41. The highest BCUT2D eigenvalue weighted by atomic mass is 79.9. The van der Waals surface area contributed by atoms with E-state index in [1.54, 1.807) is 24.3 Å². The van der Waals surface area contributed by atoms with Crippen LogP contribution in [0.3, 0.4) is 0 Å². The van der Waals surface area contributed by atoms with Crippen molar-refractivity contribution in [2.24, 2.45) is 10.3 Å². The lowest BCUT2D eigenvalue weighted by atomic mass is 10.1. The van der Waals surface area contributed by atoms with Gasteiger partial charge in [0.1, 0.15) is 6.54 Å². The third-order valence-electron chi connectivity index (χ3n) is 4.88. The van der Waals surface area contributed by atoms with E-state index in [2.05, 4.69) is 31.6 Å². The van der Waals surface area contributed by atoms with E-state index in [9.17, 15) is 14.4 Å². The van der Waals surface area contributed by atoms with Gasteiger partial charge < -0.3 is 5.32 Å². The molecule has 8 nitrogen and oxygen atoms in total. The molecule has 0 aromatic heterocycles. The summed E-state index contributed by atoms with van der Waals surface area (Å²) in [5, 5.41) is 11.9. The lowest BCUT2D eigenvalue weighted by molar-refractivity contribution is -0.123. The number of nitrogens with one attached hydrogen (secondary N) is 1. The highest BCUT2D eigenvalue weighted by molar-refractivity contribution is 9.10. The molecule has 1 N–H and O–H groups in total. The van der Waals surface area contributed by atoms with Crippen LogP contribution in [0.15, 0.2) is 63.3 Å². The van der Waals surface area contributed by atoms with Crippen molar-refractivity contribution in [3.05, 3.63) is 58.6 Å². The van der Waals surface area contributed by atoms with Crippen LogP contribution < -0.4 is 10.2 Å². The minimum absolute atomic E-state index is 0.173. The first-order valence-corrected chi connectivity index (χ1v) is 9.97. The molecule has 2 aromatic carbocycles. The number of para-hydroxylation sites is 1. The summed E-state index contributed by atoms with van der Waals surface area (Å²) in [6, 6.07) is 12.6. The Hall–Kier alpha value is -3.07. The van der Waals surface area contributed by atoms with Crippen molar-refractivity contribution in [3.8, 4) is 0 Å². The molecule has 0 bridgehead atoms. The van der Waals surface area contributed by atoms with Crippen molar-refractivity contribution < 1.29 is 14.4 Å². The molecule has 3 amide bonds. The Kier molecular flexibility index (Phi) is 5.14. The molecule has 4 rings (SSSR count). The van der Waals surface area contributed by atoms with E-state index in [1.165, 1.54) is 9.91 Å². The lowest BCUT2D eigenvalue weighted by Gasteiger charge is -2.21. The van der Waals surface area contributed by atoms with Crippen molar-refractivity contribution >= 4 is 45.0 Å². The van der Waals surface area contributed by atoms with Crippen LogP contribution in [0, 0.1) is 0 Å². The van der Waals surface area contributed by atoms with Crippen LogP contribution >= 0.6 is 15.9 Å². The van der Waals surface area contributed by atoms with Crippen LogP contribution in [0.4, 0.5) is 11.4 Å². The van der Waals surface area contributed by atoms with Gasteiger partial charge in [0.2, 0.25) is 5.91 Å². The SMILES string of the molecule is CCc1cc(Br)ccc1N1C(=O)[C@H]2N=NN(CC(=O)Nc3ccccc3)[C@@H]2C1=O. The highest BCUT2D eigenvalue weighted by Crippen LogP contribution is 2.34. The van der Waals surface area contributed by atoms with Gasteiger partial charge in [0.25, 0.3) is 11.8 Å². The lowest BCUT2D eigenvalue weighted by Crippen LogP contribution is -2.43. The summed E-state index contributed by atoms with van der Waals surface area (Å²) in [4.78, 5) is 39.5. The van der Waals surface area contributed by atoms with Crippen molar-refractivity contribution in [3.63, 3.8) is 0 Å². The number of carbonyl (C=O) groups excluding carboxylic acids is 3. The molecule has 2 aliphatic heterocycles. The number of benzene rings is 2. The number of nitrogens with zero attached hydrogens (tertiary/aromatic N) is 4. The maximum Gasteiger partial charge on any atom is 0.263 e. The summed E-state index contributed by atoms with van der Waals surface area (Å²) in [7, 11) is 0. The Labute approximate surface area is 175 Å². The van der Waals surface area contributed by atoms with Crippen LogP contribution in [0.5, 0.6) is 0 Å². The predicted octanol–water partition coefficient (Wildman–Crippen LogP) is 2.94. The number of hydrogen-bond donors (Lipinski definition) is 1. The third-order valence-corrected chi connectivity index (χ3v) is 5.38. The van der Waals surface area contributed by atoms with Gasteiger partial charge >= 0.3 is 0 Å². The second kappa shape index (κ2) is 7.75. The molecule has 2 atom stereocenters. The fraction of sp³-hybridized carbons (Fsp3) is 0.250. The number of halogens is 1. The van der Waals surface area contributed by atoms with Crippen LogP contribution in [0.25, 0.3) is 0 Å². The van der Waals surface area contributed by atoms with Gasteiger partial charge in [-0.05, 0) is 42.3 Å². The Bertz CT molecular complexity index is 1010. The zero-order valence-electron chi connectivity index (χ0n) is 15.6. The number of anilines is 2. The van der Waals surface area contributed by atoms with Gasteiger partial charge in [-0.25, -0.2) is 4.90 Å². The molecule has 1 saturated heterocycles. The number of amides is 3. The summed E-state index contributed by atoms with van der Waals surface area (Å²) in [5.41, 5.74) is 2.05. The topological polar surface area (TPSA) is 94.4 Å². The molecule has 2 aromatic rings. The molecule has 0 saturated carbocycles. The third kappa shape index (κ3) is 3.53. The normalized spacial score (nSPS) is 20.3. The molecule has 0 aliphatic carbocycles. The number of rotatable bonds is 5. The van der Waals surface area contributed by atoms with Gasteiger partial charge in [-0.2, -0.15) is 5.11 Å². The van der Waals surface area contributed by atoms with Crippen LogP contribution in [-0.4, -0.2) is 41.4 Å². The van der Waals surface area contributed by atoms with Gasteiger partial charge in [-0.3, -0.25) is 19.4 Å². The summed E-state index contributed by atoms with van der Waals surface area (Å²) < 4.78 is 0.872. The number of aryl methyl sites for hydroxylation is 1. The van der Waals surface area contributed by atoms with E-state index in [4.69, 9.17) is 0 Å². The van der Waals surface area contributed by atoms with E-state index in [-0.39, 0.29) is 12.5 Å². The molecule has 2 heterocycles. The van der Waals surface area contributed by atoms with Gasteiger partial charge in [-0.15, -0.1) is 0 Å². The smallest absolute Gasteiger partial charge is 0.263 e. The molecule has 1 fully saturated rings. The number of carbonyl (C=O) groups is 3. The summed E-state index contributed by atoms with van der Waals surface area (Å²) in [6.45, 7) is 1.78. The molecule has 2 aliphatic rings. The molecule has 9 heteroatoms. The summed E-state index contributed by atoms with van der Waals surface area (Å²) in [5.74, 6) is -1.19. The second-order valence-electron chi connectivity index (χ2n) is 6.74. The molecular weight excluding hydrogens is 438 g/mol. The van der Waals surface area contributed by atoms with E-state index in [1.807, 2.05) is 31.2 Å². The van der Waals surface area contributed by atoms with Gasteiger partial charge in [0.05, 0.1) is 5.69 Å². The Morgan fingerprint density at radius 3 is 2.62 bits per heavy atom. The van der Waals surface area contributed by atoms with Crippen molar-refractivity contribution in [1.29, 1.82) is 0 Å². The Balaban J connectivity index is 1.53. The minimum Gasteiger partial charge on any atom is -0.324 e.